The second kappa shape index (κ2) is 6.77. The number of nitrogens with two attached hydrogens (primary N) is 1. The second-order valence-corrected chi connectivity index (χ2v) is 8.23. The number of fused-ring (bicyclic) bond motifs is 1. The van der Waals surface area contributed by atoms with E-state index in [1.54, 1.807) is 7.05 Å². The van der Waals surface area contributed by atoms with Crippen LogP contribution in [0.15, 0.2) is 56.7 Å². The van der Waals surface area contributed by atoms with Crippen LogP contribution in [0.5, 0.6) is 0 Å². The molecular formula is C22H21BrN4O2. The maximum Gasteiger partial charge on any atom is 0.330 e. The molecule has 148 valence electrons. The third kappa shape index (κ3) is 2.93. The Hall–Kier alpha value is -3.06. The maximum absolute atomic E-state index is 13.1. The largest absolute Gasteiger partial charge is 0.397 e. The normalized spacial score (nSPS) is 11.3. The summed E-state index contributed by atoms with van der Waals surface area (Å²) in [4.78, 5) is 25.6. The second-order valence-electron chi connectivity index (χ2n) is 7.32. The first-order valence-electron chi connectivity index (χ1n) is 9.14. The lowest BCUT2D eigenvalue weighted by Gasteiger charge is -2.14. The van der Waals surface area contributed by atoms with Crippen LogP contribution in [-0.4, -0.2) is 13.7 Å². The number of aryl methyl sites for hydroxylation is 3. The zero-order valence-electron chi connectivity index (χ0n) is 16.7. The lowest BCUT2D eigenvalue weighted by Crippen LogP contribution is -2.36. The molecule has 6 nitrogen and oxygen atoms in total. The van der Waals surface area contributed by atoms with Crippen LogP contribution in [0, 0.1) is 13.8 Å². The Morgan fingerprint density at radius 3 is 2.21 bits per heavy atom. The number of aromatic nitrogens is 3. The van der Waals surface area contributed by atoms with Crippen molar-refractivity contribution in [1.82, 2.24) is 13.7 Å². The van der Waals surface area contributed by atoms with Gasteiger partial charge >= 0.3 is 5.69 Å². The Morgan fingerprint density at radius 1 is 0.931 bits per heavy atom. The van der Waals surface area contributed by atoms with Gasteiger partial charge in [-0.05, 0) is 54.8 Å². The number of nitrogen functional groups attached to an aromatic ring is 1. The quantitative estimate of drug-likeness (QED) is 0.471. The zero-order chi connectivity index (χ0) is 21.0. The third-order valence-electron chi connectivity index (χ3n) is 5.46. The number of benzene rings is 2. The van der Waals surface area contributed by atoms with Crippen molar-refractivity contribution >= 4 is 32.5 Å². The summed E-state index contributed by atoms with van der Waals surface area (Å²) in [5.74, 6) is 0. The molecule has 0 atom stereocenters. The summed E-state index contributed by atoms with van der Waals surface area (Å²) in [6.45, 7) is 4.03. The lowest BCUT2D eigenvalue weighted by molar-refractivity contribution is 0.714. The molecule has 0 saturated heterocycles. The monoisotopic (exact) mass is 452 g/mol. The average molecular weight is 453 g/mol. The van der Waals surface area contributed by atoms with Crippen molar-refractivity contribution in [2.75, 3.05) is 5.73 Å². The molecule has 2 heterocycles. The molecule has 0 aliphatic rings. The average Bonchev–Trinajstić information content (AvgIpc) is 3.08. The molecule has 7 heteroatoms. The van der Waals surface area contributed by atoms with Gasteiger partial charge in [0.25, 0.3) is 5.56 Å². The minimum absolute atomic E-state index is 0.331. The summed E-state index contributed by atoms with van der Waals surface area (Å²) in [6, 6.07) is 11.7. The number of hydrogen-bond donors (Lipinski definition) is 1. The van der Waals surface area contributed by atoms with Gasteiger partial charge in [-0.3, -0.25) is 13.9 Å². The van der Waals surface area contributed by atoms with Crippen molar-refractivity contribution in [3.05, 3.63) is 79.0 Å². The highest BCUT2D eigenvalue weighted by Crippen LogP contribution is 2.34. The zero-order valence-corrected chi connectivity index (χ0v) is 18.2. The molecule has 0 aliphatic heterocycles. The van der Waals surface area contributed by atoms with Gasteiger partial charge in [-0.1, -0.05) is 28.1 Å². The highest BCUT2D eigenvalue weighted by molar-refractivity contribution is 9.10. The van der Waals surface area contributed by atoms with E-state index in [2.05, 4.69) is 15.9 Å². The van der Waals surface area contributed by atoms with Crippen molar-refractivity contribution < 1.29 is 0 Å². The van der Waals surface area contributed by atoms with Crippen LogP contribution in [0.2, 0.25) is 0 Å². The van der Waals surface area contributed by atoms with Gasteiger partial charge in [-0.15, -0.1) is 0 Å². The molecule has 4 aromatic rings. The van der Waals surface area contributed by atoms with E-state index in [0.29, 0.717) is 22.3 Å². The Labute approximate surface area is 175 Å². The van der Waals surface area contributed by atoms with E-state index in [4.69, 9.17) is 5.73 Å². The van der Waals surface area contributed by atoms with Crippen LogP contribution < -0.4 is 17.0 Å². The predicted octanol–water partition coefficient (Wildman–Crippen LogP) is 3.66. The SMILES string of the molecule is Cc1cc(N)c(-n2cc3c(c2-c2ccc(Br)cc2)c(=O)n(C)c(=O)n3C)cc1C. The molecule has 2 aromatic carbocycles. The molecule has 2 aromatic heterocycles. The highest BCUT2D eigenvalue weighted by atomic mass is 79.9. The van der Waals surface area contributed by atoms with Crippen molar-refractivity contribution in [3.8, 4) is 16.9 Å². The third-order valence-corrected chi connectivity index (χ3v) is 5.99. The minimum Gasteiger partial charge on any atom is -0.397 e. The number of rotatable bonds is 2. The maximum atomic E-state index is 13.1. The smallest absolute Gasteiger partial charge is 0.330 e. The number of hydrogen-bond acceptors (Lipinski definition) is 3. The Bertz CT molecular complexity index is 1390. The molecule has 2 N–H and O–H groups in total. The van der Waals surface area contributed by atoms with E-state index in [0.717, 1.165) is 31.4 Å². The fraction of sp³-hybridized carbons (Fsp3) is 0.182. The molecule has 0 amide bonds. The van der Waals surface area contributed by atoms with Crippen LogP contribution in [-0.2, 0) is 14.1 Å². The van der Waals surface area contributed by atoms with Crippen molar-refractivity contribution in [2.45, 2.75) is 13.8 Å². The van der Waals surface area contributed by atoms with Gasteiger partial charge in [-0.2, -0.15) is 0 Å². The summed E-state index contributed by atoms with van der Waals surface area (Å²) in [6.07, 6.45) is 1.82. The molecule has 0 spiro atoms. The first-order valence-corrected chi connectivity index (χ1v) is 9.94. The lowest BCUT2D eigenvalue weighted by atomic mass is 10.1. The summed E-state index contributed by atoms with van der Waals surface area (Å²) in [5.41, 5.74) is 11.4. The predicted molar refractivity (Wildman–Crippen MR) is 121 cm³/mol. The van der Waals surface area contributed by atoms with Crippen molar-refractivity contribution in [2.24, 2.45) is 14.1 Å². The van der Waals surface area contributed by atoms with E-state index in [-0.39, 0.29) is 11.2 Å². The highest BCUT2D eigenvalue weighted by Gasteiger charge is 2.21. The van der Waals surface area contributed by atoms with Crippen LogP contribution in [0.4, 0.5) is 5.69 Å². The molecule has 29 heavy (non-hydrogen) atoms. The summed E-state index contributed by atoms with van der Waals surface area (Å²) >= 11 is 3.46. The van der Waals surface area contributed by atoms with Crippen LogP contribution >= 0.6 is 15.9 Å². The van der Waals surface area contributed by atoms with Crippen molar-refractivity contribution in [1.29, 1.82) is 0 Å². The van der Waals surface area contributed by atoms with Gasteiger partial charge in [0.15, 0.2) is 0 Å². The molecule has 0 fully saturated rings. The molecule has 0 unspecified atom stereocenters. The first kappa shape index (κ1) is 19.3. The van der Waals surface area contributed by atoms with Gasteiger partial charge in [0.05, 0.1) is 28.0 Å². The molecule has 0 saturated carbocycles. The Morgan fingerprint density at radius 2 is 1.55 bits per heavy atom. The molecule has 4 rings (SSSR count). The topological polar surface area (TPSA) is 74.9 Å². The number of nitrogens with zero attached hydrogens (tertiary/aromatic N) is 3. The fourth-order valence-electron chi connectivity index (χ4n) is 3.65. The van der Waals surface area contributed by atoms with E-state index in [1.807, 2.05) is 61.0 Å². The van der Waals surface area contributed by atoms with Gasteiger partial charge < -0.3 is 10.3 Å². The van der Waals surface area contributed by atoms with E-state index < -0.39 is 0 Å². The molecule has 0 bridgehead atoms. The summed E-state index contributed by atoms with van der Waals surface area (Å²) < 4.78 is 5.48. The number of anilines is 1. The molecule has 0 aliphatic carbocycles. The standard InChI is InChI=1S/C22H21BrN4O2/c1-12-9-16(24)17(10-13(12)2)27-11-18-19(21(28)26(4)22(29)25(18)3)20(27)14-5-7-15(23)8-6-14/h5-11H,24H2,1-4H3. The summed E-state index contributed by atoms with van der Waals surface area (Å²) in [7, 11) is 3.17. The molecule has 0 radical (unpaired) electrons. The van der Waals surface area contributed by atoms with Gasteiger partial charge in [0.2, 0.25) is 0 Å². The van der Waals surface area contributed by atoms with Crippen LogP contribution in [0.25, 0.3) is 27.8 Å². The van der Waals surface area contributed by atoms with E-state index in [1.165, 1.54) is 11.6 Å². The number of halogens is 1. The van der Waals surface area contributed by atoms with E-state index in [9.17, 15) is 9.59 Å². The van der Waals surface area contributed by atoms with Crippen LogP contribution in [0.1, 0.15) is 11.1 Å². The van der Waals surface area contributed by atoms with Crippen molar-refractivity contribution in [3.63, 3.8) is 0 Å². The Balaban J connectivity index is 2.22. The minimum atomic E-state index is -0.366. The Kier molecular flexibility index (Phi) is 4.50. The van der Waals surface area contributed by atoms with Gasteiger partial charge in [-0.25, -0.2) is 4.79 Å². The van der Waals surface area contributed by atoms with Crippen LogP contribution in [0.3, 0.4) is 0 Å². The molecular weight excluding hydrogens is 432 g/mol. The van der Waals surface area contributed by atoms with Gasteiger partial charge in [0.1, 0.15) is 0 Å². The summed E-state index contributed by atoms with van der Waals surface area (Å²) in [5, 5.41) is 0.481. The fourth-order valence-corrected chi connectivity index (χ4v) is 3.92. The van der Waals surface area contributed by atoms with E-state index >= 15 is 0 Å². The van der Waals surface area contributed by atoms with Gasteiger partial charge in [0, 0.05) is 24.8 Å². The first-order chi connectivity index (χ1) is 13.7.